The number of quaternary nitrogens is 1. The highest BCUT2D eigenvalue weighted by atomic mass is 35.7. The van der Waals surface area contributed by atoms with Crippen molar-refractivity contribution < 1.29 is 38.2 Å². The Morgan fingerprint density at radius 1 is 1.20 bits per heavy atom. The van der Waals surface area contributed by atoms with E-state index in [4.69, 9.17) is 18.6 Å². The fourth-order valence-electron chi connectivity index (χ4n) is 0.398. The third-order valence-electron chi connectivity index (χ3n) is 1.43. The lowest BCUT2D eigenvalue weighted by Gasteiger charge is -2.29. The molecule has 0 aromatic carbocycles. The second-order valence-electron chi connectivity index (χ2n) is 3.70. The lowest BCUT2D eigenvalue weighted by molar-refractivity contribution is -2.00. The van der Waals surface area contributed by atoms with Crippen LogP contribution in [-0.2, 0) is 4.79 Å². The molecule has 0 fully saturated rings. The average Bonchev–Trinajstić information content (AvgIpc) is 1.78. The Kier molecular flexibility index (Phi) is 7.75. The average molecular weight is 262 g/mol. The van der Waals surface area contributed by atoms with Crippen LogP contribution in [0.4, 0.5) is 0 Å². The minimum Gasteiger partial charge on any atom is -0.320 e. The predicted molar refractivity (Wildman–Crippen MR) is 45.8 cm³/mol. The van der Waals surface area contributed by atoms with Gasteiger partial charge in [-0.05, 0) is 18.7 Å². The van der Waals surface area contributed by atoms with Gasteiger partial charge in [0.05, 0.1) is 21.1 Å². The van der Waals surface area contributed by atoms with Crippen molar-refractivity contribution in [2.75, 3.05) is 21.1 Å². The molecule has 0 saturated carbocycles. The zero-order valence-electron chi connectivity index (χ0n) is 9.35. The molecule has 0 saturated heterocycles. The fraction of sp³-hybridized carbons (Fsp3) is 0.857. The molecule has 1 unspecified atom stereocenters. The van der Waals surface area contributed by atoms with Crippen LogP contribution in [-0.4, -0.2) is 36.1 Å². The molecule has 0 bridgehead atoms. The summed E-state index contributed by atoms with van der Waals surface area (Å²) < 4.78 is 34.8. The molecule has 0 rings (SSSR count). The largest absolute Gasteiger partial charge is 0.320 e. The van der Waals surface area contributed by atoms with Crippen LogP contribution in [0.3, 0.4) is 0 Å². The van der Waals surface area contributed by atoms with E-state index < -0.39 is 10.2 Å². The molecule has 15 heavy (non-hydrogen) atoms. The number of hydrogen-bond donors (Lipinski definition) is 0. The minimum atomic E-state index is -4.94. The monoisotopic (exact) mass is 261 g/mol. The van der Waals surface area contributed by atoms with Gasteiger partial charge in [-0.25, -0.2) is 18.6 Å². The summed E-state index contributed by atoms with van der Waals surface area (Å²) in [5.41, 5.74) is 0. The second-order valence-corrected chi connectivity index (χ2v) is 5.95. The highest BCUT2D eigenvalue weighted by Crippen LogP contribution is 2.17. The topological polar surface area (TPSA) is 109 Å². The van der Waals surface area contributed by atoms with E-state index in [1.807, 2.05) is 0 Å². The maximum absolute atomic E-state index is 10.7. The maximum atomic E-state index is 10.7. The van der Waals surface area contributed by atoms with Gasteiger partial charge in [-0.15, -0.1) is 10.2 Å². The molecule has 1 atom stereocenters. The number of nitrogens with zero attached hydrogens (tertiary/aromatic N) is 1. The van der Waals surface area contributed by atoms with Gasteiger partial charge < -0.3 is 4.48 Å². The Bertz CT molecular complexity index is 195. The zero-order valence-corrected chi connectivity index (χ0v) is 10.9. The summed E-state index contributed by atoms with van der Waals surface area (Å²) in [6, 6.07) is 0. The van der Waals surface area contributed by atoms with Crippen molar-refractivity contribution in [2.24, 2.45) is 0 Å². The summed E-state index contributed by atoms with van der Waals surface area (Å²) >= 11 is 1.39. The van der Waals surface area contributed by atoms with Crippen LogP contribution in [0.1, 0.15) is 13.8 Å². The second kappa shape index (κ2) is 6.64. The van der Waals surface area contributed by atoms with Crippen LogP contribution in [0.2, 0.25) is 0 Å². The Balaban J connectivity index is 0. The summed E-state index contributed by atoms with van der Waals surface area (Å²) in [5, 5.41) is 0.540. The summed E-state index contributed by atoms with van der Waals surface area (Å²) in [7, 11) is 1.31. The summed E-state index contributed by atoms with van der Waals surface area (Å²) in [5.74, 6) is 0. The van der Waals surface area contributed by atoms with Crippen molar-refractivity contribution in [1.29, 1.82) is 0 Å². The normalized spacial score (nSPS) is 13.9. The first-order valence-electron chi connectivity index (χ1n) is 3.94. The Morgan fingerprint density at radius 3 is 1.53 bits per heavy atom. The lowest BCUT2D eigenvalue weighted by Crippen LogP contribution is -2.68. The van der Waals surface area contributed by atoms with Gasteiger partial charge in [0, 0.05) is 6.92 Å². The van der Waals surface area contributed by atoms with E-state index in [0.717, 1.165) is 4.48 Å². The third kappa shape index (κ3) is 20.2. The van der Waals surface area contributed by atoms with Crippen molar-refractivity contribution >= 4 is 16.9 Å². The molecule has 0 spiro atoms. The van der Waals surface area contributed by atoms with Crippen molar-refractivity contribution in [3.8, 4) is 0 Å². The SMILES string of the molecule is CC(=O)SC(C)[N+](C)(C)C.[O-][Cl+3]([O-])([O-])[O-]. The van der Waals surface area contributed by atoms with E-state index >= 15 is 0 Å². The smallest absolute Gasteiger partial charge is 0.191 e. The van der Waals surface area contributed by atoms with E-state index in [2.05, 4.69) is 28.1 Å². The molecule has 0 N–H and O–H groups in total. The highest BCUT2D eigenvalue weighted by molar-refractivity contribution is 8.13. The molecule has 0 aliphatic heterocycles. The van der Waals surface area contributed by atoms with Crippen molar-refractivity contribution in [2.45, 2.75) is 19.2 Å². The van der Waals surface area contributed by atoms with Crippen LogP contribution in [0, 0.1) is 10.2 Å². The summed E-state index contributed by atoms with van der Waals surface area (Å²) in [6.45, 7) is 3.67. The van der Waals surface area contributed by atoms with Crippen LogP contribution < -0.4 is 18.6 Å². The van der Waals surface area contributed by atoms with Gasteiger partial charge in [0.25, 0.3) is 0 Å². The highest BCUT2D eigenvalue weighted by Gasteiger charge is 2.19. The Labute approximate surface area is 95.8 Å². The van der Waals surface area contributed by atoms with Crippen LogP contribution in [0.5, 0.6) is 0 Å². The molecular formula is C7H16ClNO5S. The number of rotatable bonds is 2. The van der Waals surface area contributed by atoms with Crippen molar-refractivity contribution in [3.05, 3.63) is 0 Å². The first kappa shape index (κ1) is 17.5. The maximum Gasteiger partial charge on any atom is 0.191 e. The minimum absolute atomic E-state index is 0.195. The molecule has 0 heterocycles. The molecular weight excluding hydrogens is 246 g/mol. The first-order chi connectivity index (χ1) is 6.34. The van der Waals surface area contributed by atoms with Gasteiger partial charge in [-0.1, -0.05) is 0 Å². The number of carbonyl (C=O) groups excluding carboxylic acids is 1. The van der Waals surface area contributed by atoms with Crippen LogP contribution >= 0.6 is 11.8 Å². The van der Waals surface area contributed by atoms with E-state index in [9.17, 15) is 4.79 Å². The summed E-state index contributed by atoms with van der Waals surface area (Å²) in [6.07, 6.45) is 0. The Morgan fingerprint density at radius 2 is 1.47 bits per heavy atom. The zero-order chi connectivity index (χ0) is 12.9. The molecule has 0 amide bonds. The van der Waals surface area contributed by atoms with Crippen LogP contribution in [0.15, 0.2) is 0 Å². The molecule has 0 aromatic heterocycles. The summed E-state index contributed by atoms with van der Waals surface area (Å²) in [4.78, 5) is 10.7. The number of halogens is 1. The van der Waals surface area contributed by atoms with E-state index in [0.29, 0.717) is 5.37 Å². The van der Waals surface area contributed by atoms with E-state index in [1.54, 1.807) is 6.92 Å². The molecule has 8 heteroatoms. The van der Waals surface area contributed by atoms with Gasteiger partial charge >= 0.3 is 0 Å². The lowest BCUT2D eigenvalue weighted by atomic mass is 10.6. The third-order valence-corrected chi connectivity index (χ3v) is 2.73. The molecule has 6 nitrogen and oxygen atoms in total. The molecule has 0 aliphatic carbocycles. The standard InChI is InChI=1S/C7H16NOS.ClHO4/c1-6(8(3,4)5)10-7(2)9;2-1(3,4)5/h6H,1-5H3;(H,2,3,4,5)/q+1;/p-1. The number of carbonyl (C=O) groups is 1. The first-order valence-corrected chi connectivity index (χ1v) is 6.05. The quantitative estimate of drug-likeness (QED) is 0.378. The van der Waals surface area contributed by atoms with E-state index in [1.165, 1.54) is 11.8 Å². The van der Waals surface area contributed by atoms with Gasteiger partial charge in [-0.3, -0.25) is 4.79 Å². The number of hydrogen-bond acceptors (Lipinski definition) is 6. The predicted octanol–water partition coefficient (Wildman–Crippen LogP) is -3.44. The van der Waals surface area contributed by atoms with Gasteiger partial charge in [0.2, 0.25) is 0 Å². The Hall–Kier alpha value is 0.110. The number of thioether (sulfide) groups is 1. The van der Waals surface area contributed by atoms with E-state index in [-0.39, 0.29) is 5.12 Å². The fourth-order valence-corrected chi connectivity index (χ4v) is 1.19. The molecule has 0 aromatic rings. The van der Waals surface area contributed by atoms with Gasteiger partial charge in [0.1, 0.15) is 5.37 Å². The molecule has 0 radical (unpaired) electrons. The van der Waals surface area contributed by atoms with Gasteiger partial charge in [-0.2, -0.15) is 0 Å². The van der Waals surface area contributed by atoms with Gasteiger partial charge in [0.15, 0.2) is 5.12 Å². The molecule has 0 aliphatic rings. The van der Waals surface area contributed by atoms with Crippen molar-refractivity contribution in [1.82, 2.24) is 0 Å². The van der Waals surface area contributed by atoms with Crippen molar-refractivity contribution in [3.63, 3.8) is 0 Å². The molecule has 92 valence electrons. The van der Waals surface area contributed by atoms with Crippen LogP contribution in [0.25, 0.3) is 0 Å².